The van der Waals surface area contributed by atoms with E-state index in [1.165, 1.54) is 172 Å². The van der Waals surface area contributed by atoms with Crippen molar-refractivity contribution in [3.8, 4) is 0 Å². The maximum Gasteiger partial charge on any atom is 0.252 e. The minimum Gasteiger partial charge on any atom is -0.308 e. The van der Waals surface area contributed by atoms with E-state index in [0.717, 1.165) is 0 Å². The van der Waals surface area contributed by atoms with Crippen molar-refractivity contribution in [1.82, 2.24) is 0 Å². The SMILES string of the molecule is Cc1cccc(C)c1B1c2ccccc2B2c3cc4c5c6c3N3c7c(cccc7N(c7ccccc7)c7ccc1c2c73)B6c1cccc2c1N5c1c(ccc3c1B4c1ccccc1B3c1c(C)cccc1C)N2c1ccccc1. The topological polar surface area (TPSA) is 13.0 Å². The molecule has 0 saturated carbocycles. The van der Waals surface area contributed by atoms with Gasteiger partial charge in [0.15, 0.2) is 0 Å². The van der Waals surface area contributed by atoms with Crippen molar-refractivity contribution < 1.29 is 0 Å². The largest absolute Gasteiger partial charge is 0.308 e. The highest BCUT2D eigenvalue weighted by Gasteiger charge is 2.59. The van der Waals surface area contributed by atoms with E-state index in [1.54, 1.807) is 0 Å². The predicted octanol–water partition coefficient (Wildman–Crippen LogP) is 5.89. The molecule has 0 fully saturated rings. The van der Waals surface area contributed by atoms with Gasteiger partial charge in [-0.05, 0) is 114 Å². The lowest BCUT2D eigenvalue weighted by Gasteiger charge is -2.57. The van der Waals surface area contributed by atoms with Crippen LogP contribution in [0.25, 0.3) is 0 Å². The molecule has 11 aromatic carbocycles. The molecule has 0 aromatic heterocycles. The van der Waals surface area contributed by atoms with Crippen LogP contribution in [0.5, 0.6) is 0 Å². The van der Waals surface area contributed by atoms with E-state index >= 15 is 0 Å². The van der Waals surface area contributed by atoms with Crippen LogP contribution in [0.2, 0.25) is 0 Å². The van der Waals surface area contributed by atoms with E-state index in [4.69, 9.17) is 0 Å². The minimum absolute atomic E-state index is 0.0179. The van der Waals surface area contributed by atoms with Gasteiger partial charge in [-0.3, -0.25) is 0 Å². The summed E-state index contributed by atoms with van der Waals surface area (Å²) in [5.74, 6) is 0. The Morgan fingerprint density at radius 3 is 0.949 bits per heavy atom. The van der Waals surface area contributed by atoms with Gasteiger partial charge in [-0.25, -0.2) is 0 Å². The van der Waals surface area contributed by atoms with Crippen LogP contribution in [0.15, 0.2) is 212 Å². The lowest BCUT2D eigenvalue weighted by atomic mass is 9.17. The molecule has 0 amide bonds. The first kappa shape index (κ1) is 43.0. The van der Waals surface area contributed by atoms with Crippen LogP contribution in [0, 0.1) is 27.7 Å². The normalized spacial score (nSPS) is 14.9. The Morgan fingerprint density at radius 1 is 0.215 bits per heavy atom. The molecular formula is C70H47B5N4. The van der Waals surface area contributed by atoms with E-state index < -0.39 is 0 Å². The molecule has 0 atom stereocenters. The standard InChI is InChI=1S/C70H47B5N4/c1-40-19-15-20-41(2)60(40)71-46-27-11-13-29-48(46)73-54-39-55-68-64-67(54)78-65-52(31-17-33-56(65)76(44-23-7-5-8-24-44)58-37-35-50(71)62(73)69(58)78)75(64)53-32-18-34-57-66(53)79(68)70-59(77(57)45-25-9-6-10-26-45)38-36-51-63(70)74(55)49-30-14-12-28-47(49)72(51)61-42(3)21-16-22-43(61)4/h5-39H,1-4H3. The molecule has 0 saturated heterocycles. The summed E-state index contributed by atoms with van der Waals surface area (Å²) in [6.07, 6.45) is 0. The Labute approximate surface area is 463 Å². The van der Waals surface area contributed by atoms with Crippen LogP contribution in [0.1, 0.15) is 22.3 Å². The van der Waals surface area contributed by atoms with Gasteiger partial charge in [0.1, 0.15) is 0 Å². The molecule has 8 heterocycles. The maximum absolute atomic E-state index is 2.81. The number of fused-ring (bicyclic) bond motifs is 8. The number of hydrogen-bond acceptors (Lipinski definition) is 4. The van der Waals surface area contributed by atoms with Crippen molar-refractivity contribution in [2.24, 2.45) is 0 Å². The Morgan fingerprint density at radius 2 is 0.544 bits per heavy atom. The zero-order valence-electron chi connectivity index (χ0n) is 44.4. The lowest BCUT2D eigenvalue weighted by molar-refractivity contribution is 1.16. The summed E-state index contributed by atoms with van der Waals surface area (Å²) in [4.78, 5) is 10.8. The average molecular weight is 998 g/mol. The molecule has 0 bridgehead atoms. The van der Waals surface area contributed by atoms with Gasteiger partial charge in [0.25, 0.3) is 6.71 Å². The molecule has 0 unspecified atom stereocenters. The lowest BCUT2D eigenvalue weighted by Crippen LogP contribution is -2.81. The summed E-state index contributed by atoms with van der Waals surface area (Å²) in [6, 6.07) is 82.4. The summed E-state index contributed by atoms with van der Waals surface area (Å²) in [7, 11) is 0. The summed E-state index contributed by atoms with van der Waals surface area (Å²) < 4.78 is 0. The fourth-order valence-electron chi connectivity index (χ4n) is 17.2. The number of nitrogens with zero attached hydrogens (tertiary/aromatic N) is 4. The molecule has 8 aliphatic heterocycles. The van der Waals surface area contributed by atoms with Crippen LogP contribution >= 0.6 is 0 Å². The van der Waals surface area contributed by atoms with Crippen LogP contribution < -0.4 is 102 Å². The first-order valence-electron chi connectivity index (χ1n) is 28.4. The third-order valence-electron chi connectivity index (χ3n) is 19.9. The Bertz CT molecular complexity index is 4310. The zero-order valence-corrected chi connectivity index (χ0v) is 44.4. The van der Waals surface area contributed by atoms with E-state index in [0.29, 0.717) is 0 Å². The minimum atomic E-state index is -0.0451. The maximum atomic E-state index is 2.81. The van der Waals surface area contributed by atoms with Crippen molar-refractivity contribution in [2.45, 2.75) is 27.7 Å². The molecule has 19 rings (SSSR count). The molecule has 0 N–H and O–H groups in total. The smallest absolute Gasteiger partial charge is 0.252 e. The van der Waals surface area contributed by atoms with Crippen LogP contribution in [-0.4, -0.2) is 33.6 Å². The van der Waals surface area contributed by atoms with Gasteiger partial charge >= 0.3 is 0 Å². The van der Waals surface area contributed by atoms with Gasteiger partial charge in [0, 0.05) is 22.7 Å². The Kier molecular flexibility index (Phi) is 8.13. The summed E-state index contributed by atoms with van der Waals surface area (Å²) in [5.41, 5.74) is 41.8. The van der Waals surface area contributed by atoms with Gasteiger partial charge in [-0.2, -0.15) is 0 Å². The number of rotatable bonds is 4. The molecular weight excluding hydrogens is 951 g/mol. The summed E-state index contributed by atoms with van der Waals surface area (Å²) >= 11 is 0. The number of benzene rings is 11. The van der Waals surface area contributed by atoms with Gasteiger partial charge in [-0.15, -0.1) is 0 Å². The number of hydrogen-bond donors (Lipinski definition) is 0. The van der Waals surface area contributed by atoms with Crippen molar-refractivity contribution in [3.05, 3.63) is 235 Å². The van der Waals surface area contributed by atoms with Crippen LogP contribution in [0.3, 0.4) is 0 Å². The fourth-order valence-corrected chi connectivity index (χ4v) is 17.2. The predicted molar refractivity (Wildman–Crippen MR) is 340 cm³/mol. The molecule has 0 radical (unpaired) electrons. The van der Waals surface area contributed by atoms with E-state index in [9.17, 15) is 0 Å². The Balaban J connectivity index is 0.999. The molecule has 9 heteroatoms. The van der Waals surface area contributed by atoms with Crippen molar-refractivity contribution in [1.29, 1.82) is 0 Å². The zero-order chi connectivity index (χ0) is 51.8. The first-order valence-corrected chi connectivity index (χ1v) is 28.4. The third kappa shape index (κ3) is 5.07. The quantitative estimate of drug-likeness (QED) is 0.204. The highest BCUT2D eigenvalue weighted by atomic mass is 15.3. The van der Waals surface area contributed by atoms with Crippen molar-refractivity contribution in [2.75, 3.05) is 19.6 Å². The Hall–Kier alpha value is -9.06. The number of aryl methyl sites for hydroxylation is 4. The number of anilines is 12. The second kappa shape index (κ2) is 14.9. The third-order valence-corrected chi connectivity index (χ3v) is 19.9. The van der Waals surface area contributed by atoms with E-state index in [2.05, 4.69) is 260 Å². The highest BCUT2D eigenvalue weighted by Crippen LogP contribution is 2.59. The molecule has 0 spiro atoms. The van der Waals surface area contributed by atoms with Crippen molar-refractivity contribution >= 4 is 184 Å². The second-order valence-corrected chi connectivity index (χ2v) is 23.5. The highest BCUT2D eigenvalue weighted by molar-refractivity contribution is 7.16. The summed E-state index contributed by atoms with van der Waals surface area (Å²) in [5, 5.41) is 0. The van der Waals surface area contributed by atoms with E-state index in [-0.39, 0.29) is 33.6 Å². The average Bonchev–Trinajstić information content (AvgIpc) is 2.76. The number of para-hydroxylation sites is 4. The van der Waals surface area contributed by atoms with Gasteiger partial charge in [0.05, 0.1) is 45.5 Å². The molecule has 4 nitrogen and oxygen atoms in total. The van der Waals surface area contributed by atoms with Gasteiger partial charge in [0.2, 0.25) is 26.9 Å². The second-order valence-electron chi connectivity index (χ2n) is 23.5. The molecule has 362 valence electrons. The monoisotopic (exact) mass is 998 g/mol. The summed E-state index contributed by atoms with van der Waals surface area (Å²) in [6.45, 7) is 9.35. The molecule has 79 heavy (non-hydrogen) atoms. The van der Waals surface area contributed by atoms with Crippen LogP contribution in [0.4, 0.5) is 68.2 Å². The molecule has 11 aromatic rings. The fraction of sp³-hybridized carbons (Fsp3) is 0.0571. The van der Waals surface area contributed by atoms with Crippen LogP contribution in [-0.2, 0) is 0 Å². The first-order chi connectivity index (χ1) is 39.0. The van der Waals surface area contributed by atoms with Crippen molar-refractivity contribution in [3.63, 3.8) is 0 Å². The molecule has 8 aliphatic rings. The van der Waals surface area contributed by atoms with E-state index in [1.807, 2.05) is 0 Å². The van der Waals surface area contributed by atoms with Gasteiger partial charge < -0.3 is 19.6 Å². The van der Waals surface area contributed by atoms with Gasteiger partial charge in [-0.1, -0.05) is 230 Å². The molecule has 0 aliphatic carbocycles.